The van der Waals surface area contributed by atoms with Gasteiger partial charge in [-0.15, -0.1) is 0 Å². The van der Waals surface area contributed by atoms with Gasteiger partial charge in [0.1, 0.15) is 12.3 Å². The molecule has 0 heterocycles. The van der Waals surface area contributed by atoms with E-state index in [2.05, 4.69) is 21.2 Å². The van der Waals surface area contributed by atoms with Crippen LogP contribution in [0.25, 0.3) is 0 Å². The molecule has 1 aromatic rings. The summed E-state index contributed by atoms with van der Waals surface area (Å²) in [5.41, 5.74) is 0.0973. The Morgan fingerprint density at radius 2 is 2.17 bits per heavy atom. The van der Waals surface area contributed by atoms with Crippen molar-refractivity contribution in [3.63, 3.8) is 0 Å². The number of ether oxygens (including phenoxy) is 1. The summed E-state index contributed by atoms with van der Waals surface area (Å²) in [6, 6.07) is 6.45. The molecule has 0 aromatic heterocycles. The Kier molecular flexibility index (Phi) is 5.14. The zero-order valence-corrected chi connectivity index (χ0v) is 12.3. The molecule has 1 atom stereocenters. The molecule has 18 heavy (non-hydrogen) atoms. The van der Waals surface area contributed by atoms with Gasteiger partial charge in [0.05, 0.1) is 6.04 Å². The fraction of sp³-hybridized carbons (Fsp3) is 0.462. The third-order valence-corrected chi connectivity index (χ3v) is 2.59. The molecular weight excluding hydrogens is 301 g/mol. The van der Waals surface area contributed by atoms with Crippen LogP contribution in [0.15, 0.2) is 28.7 Å². The second-order valence-electron chi connectivity index (χ2n) is 4.91. The molecule has 0 saturated heterocycles. The molecule has 100 valence electrons. The number of alkyl halides is 1. The van der Waals surface area contributed by atoms with Crippen LogP contribution in [0.1, 0.15) is 32.4 Å². The first kappa shape index (κ1) is 15.0. The monoisotopic (exact) mass is 317 g/mol. The topological polar surface area (TPSA) is 38.3 Å². The van der Waals surface area contributed by atoms with E-state index in [0.29, 0.717) is 5.56 Å². The molecule has 0 radical (unpaired) electrons. The van der Waals surface area contributed by atoms with Crippen molar-refractivity contribution >= 4 is 22.0 Å². The number of halogens is 2. The predicted molar refractivity (Wildman–Crippen MR) is 72.2 cm³/mol. The Bertz CT molecular complexity index is 418. The van der Waals surface area contributed by atoms with Gasteiger partial charge in [-0.3, -0.25) is 0 Å². The number of carbonyl (C=O) groups is 1. The van der Waals surface area contributed by atoms with Gasteiger partial charge < -0.3 is 10.1 Å². The summed E-state index contributed by atoms with van der Waals surface area (Å²) in [6.07, 6.45) is -0.620. The van der Waals surface area contributed by atoms with Crippen molar-refractivity contribution in [1.29, 1.82) is 0 Å². The summed E-state index contributed by atoms with van der Waals surface area (Å²) in [4.78, 5) is 11.6. The summed E-state index contributed by atoms with van der Waals surface area (Å²) >= 11 is 3.31. The van der Waals surface area contributed by atoms with Gasteiger partial charge in [-0.2, -0.15) is 0 Å². The van der Waals surface area contributed by atoms with E-state index in [1.165, 1.54) is 0 Å². The summed E-state index contributed by atoms with van der Waals surface area (Å²) in [5.74, 6) is 0. The maximum absolute atomic E-state index is 13.0. The lowest BCUT2D eigenvalue weighted by atomic mass is 10.1. The van der Waals surface area contributed by atoms with Crippen molar-refractivity contribution in [2.24, 2.45) is 0 Å². The molecule has 0 bridgehead atoms. The van der Waals surface area contributed by atoms with Crippen LogP contribution in [0.2, 0.25) is 0 Å². The average molecular weight is 318 g/mol. The summed E-state index contributed by atoms with van der Waals surface area (Å²) in [5, 5.41) is 2.51. The van der Waals surface area contributed by atoms with Crippen molar-refractivity contribution in [3.05, 3.63) is 34.3 Å². The smallest absolute Gasteiger partial charge is 0.408 e. The maximum atomic E-state index is 13.0. The first-order valence-corrected chi connectivity index (χ1v) is 6.42. The van der Waals surface area contributed by atoms with Crippen molar-refractivity contribution in [2.75, 3.05) is 6.67 Å². The maximum Gasteiger partial charge on any atom is 0.408 e. The first-order chi connectivity index (χ1) is 8.31. The molecule has 1 N–H and O–H groups in total. The van der Waals surface area contributed by atoms with Gasteiger partial charge in [-0.05, 0) is 38.5 Å². The van der Waals surface area contributed by atoms with Crippen LogP contribution >= 0.6 is 15.9 Å². The van der Waals surface area contributed by atoms with E-state index < -0.39 is 24.4 Å². The standard InChI is InChI=1S/C13H17BrFNO2/c1-13(2,3)18-12(17)16-11(8-15)9-5-4-6-10(14)7-9/h4-7,11H,8H2,1-3H3,(H,16,17). The lowest BCUT2D eigenvalue weighted by Crippen LogP contribution is -2.35. The van der Waals surface area contributed by atoms with Crippen LogP contribution in [0.4, 0.5) is 9.18 Å². The molecule has 0 aliphatic rings. The predicted octanol–water partition coefficient (Wildman–Crippen LogP) is 3.98. The molecule has 3 nitrogen and oxygen atoms in total. The lowest BCUT2D eigenvalue weighted by molar-refractivity contribution is 0.0495. The number of hydrogen-bond donors (Lipinski definition) is 1. The van der Waals surface area contributed by atoms with Gasteiger partial charge in [-0.1, -0.05) is 28.1 Å². The Morgan fingerprint density at radius 3 is 2.67 bits per heavy atom. The zero-order valence-electron chi connectivity index (χ0n) is 10.7. The molecule has 1 aromatic carbocycles. The highest BCUT2D eigenvalue weighted by molar-refractivity contribution is 9.10. The quantitative estimate of drug-likeness (QED) is 0.915. The molecule has 0 aliphatic heterocycles. The van der Waals surface area contributed by atoms with Crippen molar-refractivity contribution < 1.29 is 13.9 Å². The molecular formula is C13H17BrFNO2. The van der Waals surface area contributed by atoms with Crippen molar-refractivity contribution in [1.82, 2.24) is 5.32 Å². The minimum Gasteiger partial charge on any atom is -0.444 e. The van der Waals surface area contributed by atoms with E-state index in [4.69, 9.17) is 4.74 Å². The SMILES string of the molecule is CC(C)(C)OC(=O)NC(CF)c1cccc(Br)c1. The highest BCUT2D eigenvalue weighted by atomic mass is 79.9. The number of benzene rings is 1. The van der Waals surface area contributed by atoms with Gasteiger partial charge in [0.25, 0.3) is 0 Å². The van der Waals surface area contributed by atoms with Crippen LogP contribution in [0, 0.1) is 0 Å². The van der Waals surface area contributed by atoms with Gasteiger partial charge in [0.2, 0.25) is 0 Å². The summed E-state index contributed by atoms with van der Waals surface area (Å²) in [6.45, 7) is 4.60. The Labute approximate surface area is 115 Å². The first-order valence-electron chi connectivity index (χ1n) is 5.63. The Morgan fingerprint density at radius 1 is 1.50 bits per heavy atom. The highest BCUT2D eigenvalue weighted by Gasteiger charge is 2.20. The van der Waals surface area contributed by atoms with Gasteiger partial charge in [0.15, 0.2) is 0 Å². The van der Waals surface area contributed by atoms with E-state index in [1.54, 1.807) is 39.0 Å². The van der Waals surface area contributed by atoms with Crippen LogP contribution < -0.4 is 5.32 Å². The van der Waals surface area contributed by atoms with Gasteiger partial charge in [-0.25, -0.2) is 9.18 Å². The van der Waals surface area contributed by atoms with Gasteiger partial charge in [0, 0.05) is 4.47 Å². The molecule has 1 unspecified atom stereocenters. The molecule has 1 amide bonds. The van der Waals surface area contributed by atoms with E-state index in [-0.39, 0.29) is 0 Å². The number of amides is 1. The second-order valence-corrected chi connectivity index (χ2v) is 5.82. The molecule has 0 aliphatic carbocycles. The lowest BCUT2D eigenvalue weighted by Gasteiger charge is -2.22. The van der Waals surface area contributed by atoms with Crippen molar-refractivity contribution in [3.8, 4) is 0 Å². The number of rotatable bonds is 3. The fourth-order valence-corrected chi connectivity index (χ4v) is 1.80. The second kappa shape index (κ2) is 6.18. The molecule has 0 saturated carbocycles. The normalized spacial score (nSPS) is 12.9. The van der Waals surface area contributed by atoms with Crippen LogP contribution in [-0.2, 0) is 4.74 Å². The third-order valence-electron chi connectivity index (χ3n) is 2.10. The number of nitrogens with one attached hydrogen (secondary N) is 1. The highest BCUT2D eigenvalue weighted by Crippen LogP contribution is 2.19. The fourth-order valence-electron chi connectivity index (χ4n) is 1.38. The Hall–Kier alpha value is -1.10. The van der Waals surface area contributed by atoms with E-state index >= 15 is 0 Å². The van der Waals surface area contributed by atoms with Gasteiger partial charge >= 0.3 is 6.09 Å². The van der Waals surface area contributed by atoms with E-state index in [9.17, 15) is 9.18 Å². The third kappa shape index (κ3) is 5.04. The zero-order chi connectivity index (χ0) is 13.8. The molecule has 5 heteroatoms. The van der Waals surface area contributed by atoms with Crippen LogP contribution in [0.3, 0.4) is 0 Å². The Balaban J connectivity index is 2.71. The minimum atomic E-state index is -0.697. The number of alkyl carbamates (subject to hydrolysis) is 1. The number of carbonyl (C=O) groups excluding carboxylic acids is 1. The minimum absolute atomic E-state index is 0.595. The summed E-state index contributed by atoms with van der Waals surface area (Å²) < 4.78 is 18.9. The number of hydrogen-bond acceptors (Lipinski definition) is 2. The van der Waals surface area contributed by atoms with Crippen molar-refractivity contribution in [2.45, 2.75) is 32.4 Å². The van der Waals surface area contributed by atoms with E-state index in [1.807, 2.05) is 6.07 Å². The molecule has 0 spiro atoms. The van der Waals surface area contributed by atoms with E-state index in [0.717, 1.165) is 4.47 Å². The molecule has 0 fully saturated rings. The van der Waals surface area contributed by atoms with Crippen LogP contribution in [0.5, 0.6) is 0 Å². The average Bonchev–Trinajstić information content (AvgIpc) is 2.23. The molecule has 1 rings (SSSR count). The van der Waals surface area contributed by atoms with Crippen LogP contribution in [-0.4, -0.2) is 18.4 Å². The largest absolute Gasteiger partial charge is 0.444 e. The summed E-state index contributed by atoms with van der Waals surface area (Å²) in [7, 11) is 0.